The van der Waals surface area contributed by atoms with E-state index in [1.54, 1.807) is 42.5 Å². The predicted octanol–water partition coefficient (Wildman–Crippen LogP) is 2.91. The Balaban J connectivity index is 1.66. The van der Waals surface area contributed by atoms with Crippen LogP contribution < -0.4 is 10.1 Å². The van der Waals surface area contributed by atoms with Crippen LogP contribution in [0.1, 0.15) is 24.0 Å². The van der Waals surface area contributed by atoms with Crippen molar-refractivity contribution >= 4 is 21.6 Å². The maximum absolute atomic E-state index is 12.8. The van der Waals surface area contributed by atoms with Gasteiger partial charge in [0, 0.05) is 19.0 Å². The lowest BCUT2D eigenvalue weighted by Gasteiger charge is -2.30. The van der Waals surface area contributed by atoms with Crippen LogP contribution in [-0.4, -0.2) is 38.8 Å². The highest BCUT2D eigenvalue weighted by Gasteiger charge is 2.32. The topological polar surface area (TPSA) is 99.5 Å². The molecule has 3 rings (SSSR count). The molecule has 0 bridgehead atoms. The van der Waals surface area contributed by atoms with Gasteiger partial charge in [-0.25, -0.2) is 8.42 Å². The summed E-state index contributed by atoms with van der Waals surface area (Å²) < 4.78 is 32.3. The van der Waals surface area contributed by atoms with Gasteiger partial charge in [0.05, 0.1) is 29.3 Å². The Hall–Kier alpha value is -2.89. The summed E-state index contributed by atoms with van der Waals surface area (Å²) in [6.45, 7) is 2.47. The Morgan fingerprint density at radius 2 is 1.83 bits per heavy atom. The van der Waals surface area contributed by atoms with Crippen LogP contribution in [-0.2, 0) is 14.8 Å². The molecule has 1 N–H and O–H groups in total. The summed E-state index contributed by atoms with van der Waals surface area (Å²) in [5, 5.41) is 11.9. The molecule has 0 unspecified atom stereocenters. The van der Waals surface area contributed by atoms with Gasteiger partial charge in [-0.1, -0.05) is 17.7 Å². The molecule has 7 nitrogen and oxygen atoms in total. The lowest BCUT2D eigenvalue weighted by atomic mass is 9.97. The molecule has 0 aromatic heterocycles. The van der Waals surface area contributed by atoms with Crippen molar-refractivity contribution < 1.29 is 17.9 Å². The number of aryl methyl sites for hydroxylation is 1. The summed E-state index contributed by atoms with van der Waals surface area (Å²) >= 11 is 0. The molecule has 0 atom stereocenters. The summed E-state index contributed by atoms with van der Waals surface area (Å²) in [4.78, 5) is 12.9. The summed E-state index contributed by atoms with van der Waals surface area (Å²) in [6.07, 6.45) is 0.856. The number of methoxy groups -OCH3 is 1. The highest BCUT2D eigenvalue weighted by atomic mass is 32.2. The molecule has 1 fully saturated rings. The van der Waals surface area contributed by atoms with Gasteiger partial charge >= 0.3 is 0 Å². The lowest BCUT2D eigenvalue weighted by molar-refractivity contribution is -0.120. The van der Waals surface area contributed by atoms with Gasteiger partial charge in [-0.05, 0) is 50.1 Å². The van der Waals surface area contributed by atoms with Crippen molar-refractivity contribution in [3.8, 4) is 11.8 Å². The van der Waals surface area contributed by atoms with Crippen molar-refractivity contribution in [1.29, 1.82) is 5.26 Å². The van der Waals surface area contributed by atoms with Crippen LogP contribution in [0.15, 0.2) is 47.4 Å². The van der Waals surface area contributed by atoms with Crippen LogP contribution >= 0.6 is 0 Å². The first-order chi connectivity index (χ1) is 13.8. The predicted molar refractivity (Wildman–Crippen MR) is 109 cm³/mol. The van der Waals surface area contributed by atoms with Crippen molar-refractivity contribution in [2.45, 2.75) is 24.7 Å². The number of amides is 1. The first-order valence-electron chi connectivity index (χ1n) is 9.31. The molecular formula is C21H23N3O4S. The summed E-state index contributed by atoms with van der Waals surface area (Å²) in [5.74, 6) is -0.0441. The highest BCUT2D eigenvalue weighted by Crippen LogP contribution is 2.28. The van der Waals surface area contributed by atoms with Crippen LogP contribution in [0.2, 0.25) is 0 Å². The zero-order valence-corrected chi connectivity index (χ0v) is 17.2. The molecule has 2 aromatic carbocycles. The van der Waals surface area contributed by atoms with E-state index < -0.39 is 10.0 Å². The van der Waals surface area contributed by atoms with Crippen LogP contribution in [0, 0.1) is 24.2 Å². The van der Waals surface area contributed by atoms with Gasteiger partial charge in [-0.3, -0.25) is 4.79 Å². The molecule has 0 spiro atoms. The van der Waals surface area contributed by atoms with Crippen molar-refractivity contribution in [3.05, 3.63) is 53.6 Å². The van der Waals surface area contributed by atoms with Gasteiger partial charge in [-0.2, -0.15) is 9.57 Å². The number of hydrogen-bond acceptors (Lipinski definition) is 5. The van der Waals surface area contributed by atoms with Gasteiger partial charge in [0.25, 0.3) is 0 Å². The Labute approximate surface area is 171 Å². The Morgan fingerprint density at radius 1 is 1.17 bits per heavy atom. The van der Waals surface area contributed by atoms with Crippen molar-refractivity contribution in [2.24, 2.45) is 5.92 Å². The second-order valence-electron chi connectivity index (χ2n) is 7.01. The number of nitrogens with one attached hydrogen (secondary N) is 1. The SMILES string of the molecule is COc1ccc(C#N)cc1NC(=O)C1CCN(S(=O)(=O)c2ccc(C)cc2)CC1. The molecule has 2 aromatic rings. The minimum atomic E-state index is -3.56. The maximum Gasteiger partial charge on any atom is 0.243 e. The third kappa shape index (κ3) is 4.58. The number of sulfonamides is 1. The normalized spacial score (nSPS) is 15.5. The number of carbonyl (C=O) groups excluding carboxylic acids is 1. The van der Waals surface area contributed by atoms with Crippen LogP contribution in [0.5, 0.6) is 5.75 Å². The van der Waals surface area contributed by atoms with E-state index in [1.807, 2.05) is 13.0 Å². The summed E-state index contributed by atoms with van der Waals surface area (Å²) in [7, 11) is -2.07. The Kier molecular flexibility index (Phi) is 6.20. The molecule has 1 aliphatic heterocycles. The average molecular weight is 413 g/mol. The summed E-state index contributed by atoms with van der Waals surface area (Å²) in [5.41, 5.74) is 1.85. The molecule has 0 radical (unpaired) electrons. The number of carbonyl (C=O) groups is 1. The molecule has 1 aliphatic rings. The largest absolute Gasteiger partial charge is 0.495 e. The number of piperidine rings is 1. The third-order valence-corrected chi connectivity index (χ3v) is 6.98. The van der Waals surface area contributed by atoms with Gasteiger partial charge in [0.2, 0.25) is 15.9 Å². The fourth-order valence-corrected chi connectivity index (χ4v) is 4.80. The minimum Gasteiger partial charge on any atom is -0.495 e. The monoisotopic (exact) mass is 413 g/mol. The minimum absolute atomic E-state index is 0.203. The molecular weight excluding hydrogens is 390 g/mol. The molecule has 1 amide bonds. The second-order valence-corrected chi connectivity index (χ2v) is 8.95. The van der Waals surface area contributed by atoms with Gasteiger partial charge in [-0.15, -0.1) is 0 Å². The number of rotatable bonds is 5. The van der Waals surface area contributed by atoms with E-state index >= 15 is 0 Å². The molecule has 152 valence electrons. The molecule has 0 aliphatic carbocycles. The van der Waals surface area contributed by atoms with Gasteiger partial charge < -0.3 is 10.1 Å². The number of nitrogens with zero attached hydrogens (tertiary/aromatic N) is 2. The van der Waals surface area contributed by atoms with E-state index in [4.69, 9.17) is 10.00 Å². The van der Waals surface area contributed by atoms with Crippen molar-refractivity contribution in [1.82, 2.24) is 4.31 Å². The van der Waals surface area contributed by atoms with E-state index in [9.17, 15) is 13.2 Å². The van der Waals surface area contributed by atoms with Crippen LogP contribution in [0.25, 0.3) is 0 Å². The lowest BCUT2D eigenvalue weighted by Crippen LogP contribution is -2.41. The van der Waals surface area contributed by atoms with E-state index in [-0.39, 0.29) is 29.8 Å². The van der Waals surface area contributed by atoms with Gasteiger partial charge in [0.15, 0.2) is 0 Å². The zero-order valence-electron chi connectivity index (χ0n) is 16.4. The van der Waals surface area contributed by atoms with E-state index in [1.165, 1.54) is 11.4 Å². The number of ether oxygens (including phenoxy) is 1. The Bertz CT molecular complexity index is 1030. The molecule has 0 saturated carbocycles. The zero-order chi connectivity index (χ0) is 21.0. The average Bonchev–Trinajstić information content (AvgIpc) is 2.74. The third-order valence-electron chi connectivity index (χ3n) is 5.07. The number of nitriles is 1. The maximum atomic E-state index is 12.8. The first-order valence-corrected chi connectivity index (χ1v) is 10.7. The highest BCUT2D eigenvalue weighted by molar-refractivity contribution is 7.89. The van der Waals surface area contributed by atoms with Crippen LogP contribution in [0.4, 0.5) is 5.69 Å². The summed E-state index contributed by atoms with van der Waals surface area (Å²) in [6, 6.07) is 13.6. The van der Waals surface area contributed by atoms with E-state index in [2.05, 4.69) is 5.32 Å². The standard InChI is InChI=1S/C21H23N3O4S/c1-15-3-6-18(7-4-15)29(26,27)24-11-9-17(10-12-24)21(25)23-19-13-16(14-22)5-8-20(19)28-2/h3-8,13,17H,9-12H2,1-2H3,(H,23,25). The number of benzene rings is 2. The molecule has 29 heavy (non-hydrogen) atoms. The molecule has 1 saturated heterocycles. The van der Waals surface area contributed by atoms with Crippen molar-refractivity contribution in [3.63, 3.8) is 0 Å². The quantitative estimate of drug-likeness (QED) is 0.812. The number of anilines is 1. The first kappa shape index (κ1) is 20.8. The Morgan fingerprint density at radius 3 is 2.41 bits per heavy atom. The second kappa shape index (κ2) is 8.64. The number of hydrogen-bond donors (Lipinski definition) is 1. The van der Waals surface area contributed by atoms with E-state index in [0.29, 0.717) is 29.8 Å². The van der Waals surface area contributed by atoms with Gasteiger partial charge in [0.1, 0.15) is 5.75 Å². The fraction of sp³-hybridized carbons (Fsp3) is 0.333. The van der Waals surface area contributed by atoms with Crippen molar-refractivity contribution in [2.75, 3.05) is 25.5 Å². The van der Waals surface area contributed by atoms with E-state index in [0.717, 1.165) is 5.56 Å². The fourth-order valence-electron chi connectivity index (χ4n) is 3.33. The molecule has 1 heterocycles. The smallest absolute Gasteiger partial charge is 0.243 e. The molecule has 8 heteroatoms. The van der Waals surface area contributed by atoms with Crippen LogP contribution in [0.3, 0.4) is 0 Å².